The fourth-order valence-electron chi connectivity index (χ4n) is 2.78. The lowest BCUT2D eigenvalue weighted by molar-refractivity contribution is -0.161. The normalized spacial score (nSPS) is 20.3. The molecule has 2 aromatic rings. The molecule has 1 saturated heterocycles. The summed E-state index contributed by atoms with van der Waals surface area (Å²) in [6.45, 7) is 1.79. The Hall–Kier alpha value is -2.62. The van der Waals surface area contributed by atoms with Crippen LogP contribution in [0.4, 0.5) is 0 Å². The second-order valence-corrected chi connectivity index (χ2v) is 5.66. The summed E-state index contributed by atoms with van der Waals surface area (Å²) in [5, 5.41) is 0. The molecule has 23 heavy (non-hydrogen) atoms. The van der Waals surface area contributed by atoms with Gasteiger partial charge in [-0.25, -0.2) is 4.79 Å². The van der Waals surface area contributed by atoms with Gasteiger partial charge in [-0.1, -0.05) is 60.7 Å². The summed E-state index contributed by atoms with van der Waals surface area (Å²) in [4.78, 5) is 24.4. The van der Waals surface area contributed by atoms with Crippen LogP contribution in [0.1, 0.15) is 30.4 Å². The fourth-order valence-corrected chi connectivity index (χ4v) is 2.78. The first-order valence-electron chi connectivity index (χ1n) is 7.66. The van der Waals surface area contributed by atoms with Crippen LogP contribution in [-0.2, 0) is 19.1 Å². The highest BCUT2D eigenvalue weighted by Crippen LogP contribution is 2.28. The summed E-state index contributed by atoms with van der Waals surface area (Å²) in [5.74, 6) is -1.45. The van der Waals surface area contributed by atoms with Gasteiger partial charge >= 0.3 is 11.9 Å². The molecule has 0 aliphatic carbocycles. The smallest absolute Gasteiger partial charge is 0.347 e. The molecule has 0 amide bonds. The molecule has 0 aromatic heterocycles. The van der Waals surface area contributed by atoms with Crippen molar-refractivity contribution in [1.29, 1.82) is 0 Å². The molecule has 1 aliphatic rings. The molecular weight excluding hydrogens is 292 g/mol. The highest BCUT2D eigenvalue weighted by Gasteiger charge is 2.37. The second-order valence-electron chi connectivity index (χ2n) is 5.66. The molecule has 118 valence electrons. The Kier molecular flexibility index (Phi) is 4.42. The second kappa shape index (κ2) is 6.65. The SMILES string of the molecule is C[C@@H]1C[C@@H](OC(=O)C(c2ccccc2)c2ccccc2)C(=O)O1. The van der Waals surface area contributed by atoms with Gasteiger partial charge in [0, 0.05) is 6.42 Å². The third-order valence-electron chi connectivity index (χ3n) is 3.89. The molecule has 2 atom stereocenters. The lowest BCUT2D eigenvalue weighted by Gasteiger charge is -2.18. The number of cyclic esters (lactones) is 1. The molecule has 1 fully saturated rings. The maximum atomic E-state index is 12.7. The standard InChI is InChI=1S/C19H18O4/c1-13-12-16(18(20)22-13)23-19(21)17(14-8-4-2-5-9-14)15-10-6-3-7-11-15/h2-11,13,16-17H,12H2,1H3/t13-,16-/m1/s1. The predicted molar refractivity (Wildman–Crippen MR) is 84.8 cm³/mol. The Bertz CT molecular complexity index is 642. The third-order valence-corrected chi connectivity index (χ3v) is 3.89. The number of carbonyl (C=O) groups excluding carboxylic acids is 2. The van der Waals surface area contributed by atoms with Crippen LogP contribution < -0.4 is 0 Å². The number of esters is 2. The van der Waals surface area contributed by atoms with E-state index in [0.29, 0.717) is 6.42 Å². The maximum Gasteiger partial charge on any atom is 0.347 e. The minimum Gasteiger partial charge on any atom is -0.460 e. The number of benzene rings is 2. The average molecular weight is 310 g/mol. The minimum atomic E-state index is -0.813. The van der Waals surface area contributed by atoms with Crippen molar-refractivity contribution >= 4 is 11.9 Å². The van der Waals surface area contributed by atoms with Crippen molar-refractivity contribution in [3.8, 4) is 0 Å². The van der Waals surface area contributed by atoms with Crippen molar-refractivity contribution < 1.29 is 19.1 Å². The molecular formula is C19H18O4. The van der Waals surface area contributed by atoms with Crippen LogP contribution in [0.2, 0.25) is 0 Å². The predicted octanol–water partition coefficient (Wildman–Crippen LogP) is 3.07. The van der Waals surface area contributed by atoms with Crippen LogP contribution in [0.5, 0.6) is 0 Å². The largest absolute Gasteiger partial charge is 0.460 e. The van der Waals surface area contributed by atoms with E-state index in [4.69, 9.17) is 9.47 Å². The van der Waals surface area contributed by atoms with Gasteiger partial charge in [-0.3, -0.25) is 4.79 Å². The molecule has 1 heterocycles. The molecule has 3 rings (SSSR count). The Labute approximate surface area is 135 Å². The fraction of sp³-hybridized carbons (Fsp3) is 0.263. The van der Waals surface area contributed by atoms with E-state index in [1.807, 2.05) is 60.7 Å². The summed E-state index contributed by atoms with van der Waals surface area (Å²) >= 11 is 0. The van der Waals surface area contributed by atoms with E-state index in [1.165, 1.54) is 0 Å². The van der Waals surface area contributed by atoms with Gasteiger partial charge in [0.15, 0.2) is 0 Å². The van der Waals surface area contributed by atoms with Crippen molar-refractivity contribution in [1.82, 2.24) is 0 Å². The summed E-state index contributed by atoms with van der Waals surface area (Å²) in [7, 11) is 0. The zero-order chi connectivity index (χ0) is 16.2. The molecule has 2 aromatic carbocycles. The van der Waals surface area contributed by atoms with Crippen LogP contribution in [-0.4, -0.2) is 24.1 Å². The first-order valence-corrected chi connectivity index (χ1v) is 7.66. The Morgan fingerprint density at radius 1 is 1.04 bits per heavy atom. The Morgan fingerprint density at radius 3 is 2.00 bits per heavy atom. The molecule has 0 radical (unpaired) electrons. The first-order chi connectivity index (χ1) is 11.1. The Balaban J connectivity index is 1.87. The molecule has 0 N–H and O–H groups in total. The van der Waals surface area contributed by atoms with Gasteiger partial charge in [0.1, 0.15) is 12.0 Å². The first kappa shape index (κ1) is 15.3. The number of carbonyl (C=O) groups is 2. The lowest BCUT2D eigenvalue weighted by Crippen LogP contribution is -2.27. The number of hydrogen-bond donors (Lipinski definition) is 0. The third kappa shape index (κ3) is 3.42. The summed E-state index contributed by atoms with van der Waals surface area (Å²) in [5.41, 5.74) is 1.67. The van der Waals surface area contributed by atoms with E-state index < -0.39 is 24.0 Å². The van der Waals surface area contributed by atoms with Crippen LogP contribution in [0.25, 0.3) is 0 Å². The van der Waals surface area contributed by atoms with Gasteiger partial charge in [-0.05, 0) is 18.1 Å². The van der Waals surface area contributed by atoms with Gasteiger partial charge in [0.25, 0.3) is 0 Å². The zero-order valence-corrected chi connectivity index (χ0v) is 12.8. The van der Waals surface area contributed by atoms with Gasteiger partial charge in [-0.15, -0.1) is 0 Å². The van der Waals surface area contributed by atoms with Gasteiger partial charge in [-0.2, -0.15) is 0 Å². The van der Waals surface area contributed by atoms with E-state index in [-0.39, 0.29) is 6.10 Å². The van der Waals surface area contributed by atoms with E-state index >= 15 is 0 Å². The molecule has 0 saturated carbocycles. The molecule has 0 unspecified atom stereocenters. The van der Waals surface area contributed by atoms with Crippen LogP contribution in [0.15, 0.2) is 60.7 Å². The van der Waals surface area contributed by atoms with E-state index in [1.54, 1.807) is 6.92 Å². The molecule has 4 nitrogen and oxygen atoms in total. The quantitative estimate of drug-likeness (QED) is 0.814. The molecule has 4 heteroatoms. The van der Waals surface area contributed by atoms with Gasteiger partial charge in [0.2, 0.25) is 6.10 Å². The van der Waals surface area contributed by atoms with Crippen molar-refractivity contribution in [2.75, 3.05) is 0 Å². The number of hydrogen-bond acceptors (Lipinski definition) is 4. The van der Waals surface area contributed by atoms with Crippen molar-refractivity contribution in [3.63, 3.8) is 0 Å². The average Bonchev–Trinajstić information content (AvgIpc) is 2.87. The summed E-state index contributed by atoms with van der Waals surface area (Å²) < 4.78 is 10.5. The highest BCUT2D eigenvalue weighted by molar-refractivity contribution is 5.86. The maximum absolute atomic E-state index is 12.7. The van der Waals surface area contributed by atoms with Gasteiger partial charge < -0.3 is 9.47 Å². The van der Waals surface area contributed by atoms with E-state index in [9.17, 15) is 9.59 Å². The van der Waals surface area contributed by atoms with Crippen LogP contribution in [0, 0.1) is 0 Å². The van der Waals surface area contributed by atoms with Crippen molar-refractivity contribution in [2.24, 2.45) is 0 Å². The monoisotopic (exact) mass is 310 g/mol. The minimum absolute atomic E-state index is 0.216. The van der Waals surface area contributed by atoms with Crippen LogP contribution >= 0.6 is 0 Å². The topological polar surface area (TPSA) is 52.6 Å². The highest BCUT2D eigenvalue weighted by atomic mass is 16.6. The van der Waals surface area contributed by atoms with E-state index in [2.05, 4.69) is 0 Å². The molecule has 1 aliphatic heterocycles. The molecule has 0 spiro atoms. The van der Waals surface area contributed by atoms with Gasteiger partial charge in [0.05, 0.1) is 0 Å². The zero-order valence-electron chi connectivity index (χ0n) is 12.8. The number of ether oxygens (including phenoxy) is 2. The number of rotatable bonds is 4. The Morgan fingerprint density at radius 2 is 1.57 bits per heavy atom. The van der Waals surface area contributed by atoms with Crippen LogP contribution in [0.3, 0.4) is 0 Å². The van der Waals surface area contributed by atoms with Crippen molar-refractivity contribution in [2.45, 2.75) is 31.5 Å². The summed E-state index contributed by atoms with van der Waals surface area (Å²) in [6.07, 6.45) is -0.624. The summed E-state index contributed by atoms with van der Waals surface area (Å²) in [6, 6.07) is 18.8. The van der Waals surface area contributed by atoms with Crippen molar-refractivity contribution in [3.05, 3.63) is 71.8 Å². The molecule has 0 bridgehead atoms. The van der Waals surface area contributed by atoms with E-state index in [0.717, 1.165) is 11.1 Å². The lowest BCUT2D eigenvalue weighted by atomic mass is 9.91.